The number of ether oxygens (including phenoxy) is 1. The minimum atomic E-state index is -4.93. The maximum Gasteiger partial charge on any atom is 0.494 e. The van der Waals surface area contributed by atoms with Gasteiger partial charge in [0.2, 0.25) is 11.7 Å². The maximum atomic E-state index is 12.6. The third-order valence-corrected chi connectivity index (χ3v) is 6.80. The fraction of sp³-hybridized carbons (Fsp3) is 0.619. The van der Waals surface area contributed by atoms with Crippen molar-refractivity contribution < 1.29 is 36.8 Å². The summed E-state index contributed by atoms with van der Waals surface area (Å²) >= 11 is 0. The highest BCUT2D eigenvalue weighted by molar-refractivity contribution is 6.62. The summed E-state index contributed by atoms with van der Waals surface area (Å²) in [6, 6.07) is 4.93. The minimum Gasteiger partial charge on any atom is -0.491 e. The Bertz CT molecular complexity index is 910. The molecular formula is C21H25BF3NO5. The van der Waals surface area contributed by atoms with Crippen LogP contribution >= 0.6 is 0 Å². The first-order valence-corrected chi connectivity index (χ1v) is 10.3. The van der Waals surface area contributed by atoms with Crippen LogP contribution in [0.5, 0.6) is 5.75 Å². The second kappa shape index (κ2) is 6.97. The van der Waals surface area contributed by atoms with E-state index in [1.807, 2.05) is 33.8 Å². The van der Waals surface area contributed by atoms with E-state index in [9.17, 15) is 22.8 Å². The predicted molar refractivity (Wildman–Crippen MR) is 106 cm³/mol. The van der Waals surface area contributed by atoms with Crippen molar-refractivity contribution in [3.05, 3.63) is 23.8 Å². The second-order valence-electron chi connectivity index (χ2n) is 9.60. The molecule has 10 heteroatoms. The van der Waals surface area contributed by atoms with Gasteiger partial charge in [0, 0.05) is 12.0 Å². The van der Waals surface area contributed by atoms with Gasteiger partial charge >= 0.3 is 13.3 Å². The summed E-state index contributed by atoms with van der Waals surface area (Å²) < 4.78 is 55.6. The summed E-state index contributed by atoms with van der Waals surface area (Å²) in [5.74, 6) is -1.84. The Morgan fingerprint density at radius 1 is 1.13 bits per heavy atom. The molecule has 0 spiro atoms. The lowest BCUT2D eigenvalue weighted by Crippen LogP contribution is -2.41. The summed E-state index contributed by atoms with van der Waals surface area (Å²) in [4.78, 5) is 24.0. The highest BCUT2D eigenvalue weighted by Crippen LogP contribution is 2.51. The Morgan fingerprint density at radius 2 is 1.74 bits per heavy atom. The van der Waals surface area contributed by atoms with Gasteiger partial charge in [0.05, 0.1) is 22.7 Å². The van der Waals surface area contributed by atoms with Crippen LogP contribution < -0.4 is 15.5 Å². The van der Waals surface area contributed by atoms with E-state index in [4.69, 9.17) is 14.0 Å². The van der Waals surface area contributed by atoms with Gasteiger partial charge in [-0.1, -0.05) is 12.1 Å². The molecule has 2 heterocycles. The van der Waals surface area contributed by atoms with Crippen LogP contribution in [0.25, 0.3) is 0 Å². The van der Waals surface area contributed by atoms with Gasteiger partial charge in [-0.15, -0.1) is 0 Å². The first-order valence-electron chi connectivity index (χ1n) is 10.3. The van der Waals surface area contributed by atoms with Gasteiger partial charge in [-0.2, -0.15) is 13.2 Å². The normalized spacial score (nSPS) is 25.0. The number of ketones is 1. The molecule has 1 aliphatic carbocycles. The van der Waals surface area contributed by atoms with Crippen LogP contribution in [0.15, 0.2) is 18.2 Å². The van der Waals surface area contributed by atoms with Gasteiger partial charge in [0.15, 0.2) is 0 Å². The first kappa shape index (κ1) is 22.1. The number of hydrogen-bond donors (Lipinski definition) is 1. The van der Waals surface area contributed by atoms with Gasteiger partial charge in [-0.3, -0.25) is 9.59 Å². The molecule has 2 aliphatic heterocycles. The number of alkyl halides is 3. The minimum absolute atomic E-state index is 0.164. The lowest BCUT2D eigenvalue weighted by molar-refractivity contribution is -0.173. The van der Waals surface area contributed by atoms with Crippen LogP contribution in [-0.2, 0) is 18.9 Å². The molecule has 168 valence electrons. The quantitative estimate of drug-likeness (QED) is 0.715. The van der Waals surface area contributed by atoms with E-state index in [0.717, 1.165) is 11.0 Å². The fourth-order valence-electron chi connectivity index (χ4n) is 3.83. The first-order chi connectivity index (χ1) is 14.2. The molecule has 1 amide bonds. The highest BCUT2D eigenvalue weighted by atomic mass is 19.4. The van der Waals surface area contributed by atoms with E-state index in [-0.39, 0.29) is 19.4 Å². The topological polar surface area (TPSA) is 73.9 Å². The number of carbonyl (C=O) groups is 2. The van der Waals surface area contributed by atoms with Crippen molar-refractivity contribution in [3.8, 4) is 5.75 Å². The SMILES string of the molecule is CC1(C)OB(c2ccc3c(c2)OCC3NC(=O)C2(CC(=O)C(F)(F)F)CC2)OC1(C)C. The number of Topliss-reactive ketones (excluding diaryl/α,β-unsaturated/α-hetero) is 1. The maximum absolute atomic E-state index is 12.6. The number of carbonyl (C=O) groups excluding carboxylic acids is 2. The molecule has 3 aliphatic rings. The summed E-state index contributed by atoms with van der Waals surface area (Å²) in [7, 11) is -0.560. The Balaban J connectivity index is 1.44. The molecule has 1 atom stereocenters. The number of benzene rings is 1. The lowest BCUT2D eigenvalue weighted by Gasteiger charge is -2.32. The van der Waals surface area contributed by atoms with Crippen molar-refractivity contribution in [1.82, 2.24) is 5.32 Å². The molecule has 1 aromatic carbocycles. The Morgan fingerprint density at radius 3 is 2.29 bits per heavy atom. The molecule has 6 nitrogen and oxygen atoms in total. The van der Waals surface area contributed by atoms with Crippen molar-refractivity contribution in [1.29, 1.82) is 0 Å². The third kappa shape index (κ3) is 3.95. The van der Waals surface area contributed by atoms with Gasteiger partial charge in [0.1, 0.15) is 12.4 Å². The van der Waals surface area contributed by atoms with Gasteiger partial charge in [-0.05, 0) is 52.1 Å². The molecule has 0 radical (unpaired) electrons. The van der Waals surface area contributed by atoms with Crippen LogP contribution in [0.1, 0.15) is 58.6 Å². The molecule has 2 fully saturated rings. The Kier molecular flexibility index (Phi) is 4.98. The molecule has 0 bridgehead atoms. The molecule has 1 unspecified atom stereocenters. The van der Waals surface area contributed by atoms with Crippen LogP contribution in [0, 0.1) is 5.41 Å². The van der Waals surface area contributed by atoms with Crippen LogP contribution in [0.4, 0.5) is 13.2 Å². The van der Waals surface area contributed by atoms with Crippen molar-refractivity contribution in [2.75, 3.05) is 6.61 Å². The number of nitrogens with one attached hydrogen (secondary N) is 1. The van der Waals surface area contributed by atoms with Gasteiger partial charge in [0.25, 0.3) is 0 Å². The zero-order valence-corrected chi connectivity index (χ0v) is 17.9. The smallest absolute Gasteiger partial charge is 0.491 e. The van der Waals surface area contributed by atoms with E-state index in [2.05, 4.69) is 5.32 Å². The predicted octanol–water partition coefficient (Wildman–Crippen LogP) is 2.84. The average molecular weight is 439 g/mol. The highest BCUT2D eigenvalue weighted by Gasteiger charge is 2.56. The molecule has 1 N–H and O–H groups in total. The van der Waals surface area contributed by atoms with E-state index in [0.29, 0.717) is 5.75 Å². The molecular weight excluding hydrogens is 414 g/mol. The summed E-state index contributed by atoms with van der Waals surface area (Å²) in [6.45, 7) is 8.00. The number of amides is 1. The molecule has 1 saturated heterocycles. The average Bonchev–Trinajstić information content (AvgIpc) is 3.27. The van der Waals surface area contributed by atoms with Crippen molar-refractivity contribution >= 4 is 24.3 Å². The van der Waals surface area contributed by atoms with Crippen molar-refractivity contribution in [2.45, 2.75) is 70.4 Å². The number of rotatable bonds is 5. The molecule has 1 saturated carbocycles. The molecule has 1 aromatic rings. The second-order valence-corrected chi connectivity index (χ2v) is 9.60. The fourth-order valence-corrected chi connectivity index (χ4v) is 3.83. The standard InChI is InChI=1S/C21H25BF3NO5/c1-18(2)19(3,4)31-22(30-18)12-5-6-13-14(11-29-15(13)9-12)26-17(28)20(7-8-20)10-16(27)21(23,24)25/h5-6,9,14H,7-8,10-11H2,1-4H3,(H,26,28). The van der Waals surface area contributed by atoms with E-state index in [1.165, 1.54) is 0 Å². The zero-order valence-electron chi connectivity index (χ0n) is 17.9. The number of hydrogen-bond acceptors (Lipinski definition) is 5. The summed E-state index contributed by atoms with van der Waals surface area (Å²) in [5, 5.41) is 2.76. The van der Waals surface area contributed by atoms with Crippen LogP contribution in [0.2, 0.25) is 0 Å². The number of fused-ring (bicyclic) bond motifs is 1. The van der Waals surface area contributed by atoms with Crippen LogP contribution in [-0.4, -0.2) is 42.8 Å². The largest absolute Gasteiger partial charge is 0.494 e. The molecule has 0 aromatic heterocycles. The Hall–Kier alpha value is -2.07. The van der Waals surface area contributed by atoms with E-state index in [1.54, 1.807) is 12.1 Å². The summed E-state index contributed by atoms with van der Waals surface area (Å²) in [5.41, 5.74) is -0.732. The third-order valence-electron chi connectivity index (χ3n) is 6.80. The van der Waals surface area contributed by atoms with E-state index < -0.39 is 54.1 Å². The number of halogens is 3. The van der Waals surface area contributed by atoms with Gasteiger partial charge in [-0.25, -0.2) is 0 Å². The zero-order chi connectivity index (χ0) is 22.8. The van der Waals surface area contributed by atoms with Gasteiger partial charge < -0.3 is 19.4 Å². The lowest BCUT2D eigenvalue weighted by atomic mass is 9.78. The van der Waals surface area contributed by atoms with Crippen molar-refractivity contribution in [3.63, 3.8) is 0 Å². The van der Waals surface area contributed by atoms with E-state index >= 15 is 0 Å². The molecule has 4 rings (SSSR count). The van der Waals surface area contributed by atoms with Crippen LogP contribution in [0.3, 0.4) is 0 Å². The Labute approximate surface area is 178 Å². The summed E-state index contributed by atoms with van der Waals surface area (Å²) in [6.07, 6.45) is -5.21. The van der Waals surface area contributed by atoms with Crippen molar-refractivity contribution in [2.24, 2.45) is 5.41 Å². The monoisotopic (exact) mass is 439 g/mol. The molecule has 31 heavy (non-hydrogen) atoms.